The second kappa shape index (κ2) is 39.2. The lowest BCUT2D eigenvalue weighted by Crippen LogP contribution is -2.43. The Morgan fingerprint density at radius 1 is 0.735 bits per heavy atom. The fourth-order valence-corrected chi connectivity index (χ4v) is 1.64. The van der Waals surface area contributed by atoms with Crippen LogP contribution in [0.25, 0.3) is 0 Å². The van der Waals surface area contributed by atoms with Crippen molar-refractivity contribution in [1.29, 1.82) is 0 Å². The molecule has 0 aromatic heterocycles. The van der Waals surface area contributed by atoms with Crippen molar-refractivity contribution in [2.24, 2.45) is 0 Å². The van der Waals surface area contributed by atoms with E-state index in [4.69, 9.17) is 14.2 Å². The van der Waals surface area contributed by atoms with Crippen LogP contribution in [0.2, 0.25) is 0 Å². The van der Waals surface area contributed by atoms with Gasteiger partial charge in [-0.25, -0.2) is 4.79 Å². The highest BCUT2D eigenvalue weighted by atomic mass is 16.7. The quantitative estimate of drug-likeness (QED) is 0.125. The molecule has 15 nitrogen and oxygen atoms in total. The monoisotopic (exact) mass is 711 g/mol. The van der Waals surface area contributed by atoms with Gasteiger partial charge in [-0.1, -0.05) is 20.3 Å². The first kappa shape index (κ1) is 58.0. The van der Waals surface area contributed by atoms with Crippen LogP contribution in [0.4, 0.5) is 4.79 Å². The molecule has 0 rings (SSSR count). The summed E-state index contributed by atoms with van der Waals surface area (Å²) in [6.07, 6.45) is 6.58. The fourth-order valence-electron chi connectivity index (χ4n) is 1.64. The third-order valence-corrected chi connectivity index (χ3v) is 5.02. The fraction of sp³-hybridized carbons (Fsp3) is 0.794. The molecule has 0 aliphatic rings. The van der Waals surface area contributed by atoms with E-state index >= 15 is 0 Å². The zero-order chi connectivity index (χ0) is 40.0. The number of unbranched alkanes of at least 4 members (excludes halogenated alkanes) is 1. The second-order valence-corrected chi connectivity index (χ2v) is 12.6. The standard InChI is InChI=1S/C8H12N2O4.C6H11NO3.C5H11NO.3C5H12O/c11-4-1-2-7(6-13)10-8(14)9-3-5-12;1-3-4-6(9)7(5-8)10-2;1-2-3-4-6-5-7;3*1-5(2,3)6-4/h4-7H,1-3H2,(H2,9,10,14);5H,3-4H2,1-2H3;5H,2-4H2,1H3,(H,6,7);3*1-4H3. The van der Waals surface area contributed by atoms with Gasteiger partial charge in [0.05, 0.1) is 36.5 Å². The van der Waals surface area contributed by atoms with Crippen molar-refractivity contribution >= 4 is 43.6 Å². The summed E-state index contributed by atoms with van der Waals surface area (Å²) in [6, 6.07) is -1.29. The number of hydrogen-bond donors (Lipinski definition) is 3. The molecule has 3 N–H and O–H groups in total. The van der Waals surface area contributed by atoms with Crippen LogP contribution in [-0.2, 0) is 47.8 Å². The van der Waals surface area contributed by atoms with Crippen LogP contribution >= 0.6 is 0 Å². The van der Waals surface area contributed by atoms with E-state index in [9.17, 15) is 33.6 Å². The number of nitrogens with one attached hydrogen (secondary N) is 3. The molecule has 292 valence electrons. The summed E-state index contributed by atoms with van der Waals surface area (Å²) < 4.78 is 14.8. The topological polar surface area (TPSA) is 196 Å². The van der Waals surface area contributed by atoms with E-state index < -0.39 is 12.1 Å². The molecule has 1 atom stereocenters. The normalized spacial score (nSPS) is 10.6. The Hall–Kier alpha value is -3.27. The molecule has 0 aromatic carbocycles. The zero-order valence-corrected chi connectivity index (χ0v) is 33.1. The maximum Gasteiger partial charge on any atom is 0.315 e. The number of imide groups is 1. The maximum atomic E-state index is 10.9. The van der Waals surface area contributed by atoms with Crippen LogP contribution in [0, 0.1) is 0 Å². The molecule has 0 aromatic rings. The van der Waals surface area contributed by atoms with Crippen LogP contribution in [-0.4, -0.2) is 113 Å². The Labute approximate surface area is 296 Å². The molecule has 0 radical (unpaired) electrons. The number of hydrogen-bond acceptors (Lipinski definition) is 11. The van der Waals surface area contributed by atoms with Gasteiger partial charge < -0.3 is 44.5 Å². The molecule has 0 bridgehead atoms. The molecule has 0 aliphatic heterocycles. The first-order chi connectivity index (χ1) is 22.6. The van der Waals surface area contributed by atoms with Gasteiger partial charge in [-0.3, -0.25) is 19.2 Å². The van der Waals surface area contributed by atoms with Gasteiger partial charge in [-0.15, -0.1) is 0 Å². The number of nitrogens with zero attached hydrogens (tertiary/aromatic N) is 1. The van der Waals surface area contributed by atoms with Crippen LogP contribution in [0.1, 0.15) is 115 Å². The van der Waals surface area contributed by atoms with E-state index in [1.807, 2.05) is 69.2 Å². The van der Waals surface area contributed by atoms with Gasteiger partial charge in [0.2, 0.25) is 12.8 Å². The highest BCUT2D eigenvalue weighted by Gasteiger charge is 2.10. The van der Waals surface area contributed by atoms with E-state index in [1.165, 1.54) is 7.11 Å². The van der Waals surface area contributed by atoms with Crippen molar-refractivity contribution in [3.8, 4) is 0 Å². The molecule has 5 amide bonds. The van der Waals surface area contributed by atoms with Gasteiger partial charge in [-0.05, 0) is 81.6 Å². The number of hydroxylamine groups is 2. The number of ether oxygens (including phenoxy) is 3. The van der Waals surface area contributed by atoms with E-state index in [1.54, 1.807) is 21.3 Å². The lowest BCUT2D eigenvalue weighted by Gasteiger charge is -2.14. The van der Waals surface area contributed by atoms with Crippen LogP contribution < -0.4 is 16.0 Å². The van der Waals surface area contributed by atoms with Crippen LogP contribution in [0.15, 0.2) is 0 Å². The molecule has 0 saturated heterocycles. The Morgan fingerprint density at radius 3 is 1.45 bits per heavy atom. The van der Waals surface area contributed by atoms with Gasteiger partial charge in [0.15, 0.2) is 0 Å². The van der Waals surface area contributed by atoms with E-state index in [0.29, 0.717) is 43.2 Å². The number of rotatable bonds is 15. The smallest absolute Gasteiger partial charge is 0.315 e. The first-order valence-corrected chi connectivity index (χ1v) is 16.1. The summed E-state index contributed by atoms with van der Waals surface area (Å²) in [5.74, 6) is -0.306. The maximum absolute atomic E-state index is 10.9. The average Bonchev–Trinajstić information content (AvgIpc) is 3.03. The Kier molecular flexibility index (Phi) is 46.3. The molecule has 15 heteroatoms. The molecule has 49 heavy (non-hydrogen) atoms. The molecular formula is C34H70N4O11. The van der Waals surface area contributed by atoms with E-state index in [-0.39, 0.29) is 42.1 Å². The van der Waals surface area contributed by atoms with Crippen molar-refractivity contribution in [1.82, 2.24) is 21.0 Å². The number of urea groups is 1. The third kappa shape index (κ3) is 67.7. The summed E-state index contributed by atoms with van der Waals surface area (Å²) in [6.45, 7) is 22.8. The van der Waals surface area contributed by atoms with Gasteiger partial charge >= 0.3 is 6.03 Å². The molecule has 0 spiro atoms. The zero-order valence-electron chi connectivity index (χ0n) is 33.1. The van der Waals surface area contributed by atoms with Gasteiger partial charge in [0, 0.05) is 40.7 Å². The van der Waals surface area contributed by atoms with Crippen LogP contribution in [0.5, 0.6) is 0 Å². The van der Waals surface area contributed by atoms with Gasteiger partial charge in [0.1, 0.15) is 18.9 Å². The van der Waals surface area contributed by atoms with Crippen molar-refractivity contribution < 1.29 is 52.6 Å². The summed E-state index contributed by atoms with van der Waals surface area (Å²) in [7, 11) is 6.40. The molecule has 0 fully saturated rings. The number of carbonyl (C=O) groups is 7. The minimum absolute atomic E-state index is 0.0417. The van der Waals surface area contributed by atoms with Crippen molar-refractivity contribution in [3.63, 3.8) is 0 Å². The van der Waals surface area contributed by atoms with Gasteiger partial charge in [0.25, 0.3) is 5.91 Å². The lowest BCUT2D eigenvalue weighted by atomic mass is 10.2. The number of carbonyl (C=O) groups excluding carboxylic acids is 7. The molecule has 0 saturated carbocycles. The highest BCUT2D eigenvalue weighted by molar-refractivity contribution is 5.84. The number of methoxy groups -OCH3 is 3. The average molecular weight is 711 g/mol. The largest absolute Gasteiger partial charge is 0.379 e. The lowest BCUT2D eigenvalue weighted by molar-refractivity contribution is -0.178. The highest BCUT2D eigenvalue weighted by Crippen LogP contribution is 2.03. The molecule has 1 unspecified atom stereocenters. The first-order valence-electron chi connectivity index (χ1n) is 16.1. The van der Waals surface area contributed by atoms with Crippen molar-refractivity contribution in [2.45, 2.75) is 138 Å². The minimum atomic E-state index is -0.688. The Balaban J connectivity index is -0.000000118. The molecular weight excluding hydrogens is 640 g/mol. The van der Waals surface area contributed by atoms with Gasteiger partial charge in [-0.2, -0.15) is 5.06 Å². The Morgan fingerprint density at radius 2 is 1.18 bits per heavy atom. The number of aldehydes is 3. The van der Waals surface area contributed by atoms with E-state index in [0.717, 1.165) is 25.8 Å². The third-order valence-electron chi connectivity index (χ3n) is 5.02. The Bertz CT molecular complexity index is 774. The van der Waals surface area contributed by atoms with E-state index in [2.05, 4.69) is 27.7 Å². The van der Waals surface area contributed by atoms with Crippen molar-refractivity contribution in [2.75, 3.05) is 41.5 Å². The summed E-state index contributed by atoms with van der Waals surface area (Å²) in [5.41, 5.74) is 0.125. The molecule has 0 heterocycles. The van der Waals surface area contributed by atoms with Crippen molar-refractivity contribution in [3.05, 3.63) is 0 Å². The van der Waals surface area contributed by atoms with Crippen LogP contribution in [0.3, 0.4) is 0 Å². The molecule has 0 aliphatic carbocycles. The predicted octanol–water partition coefficient (Wildman–Crippen LogP) is 4.19. The summed E-state index contributed by atoms with van der Waals surface area (Å²) in [4.78, 5) is 76.0. The summed E-state index contributed by atoms with van der Waals surface area (Å²) in [5, 5.41) is 7.76. The second-order valence-electron chi connectivity index (χ2n) is 12.6. The summed E-state index contributed by atoms with van der Waals surface area (Å²) >= 11 is 0. The SMILES string of the molecule is CCCC(=O)N(C=O)OC.CCCCNC=O.COC(C)(C)C.COC(C)(C)C.COC(C)(C)C.O=CCCC(C=O)NC(=O)NCC=O. The minimum Gasteiger partial charge on any atom is -0.379 e. The number of amides is 5. The predicted molar refractivity (Wildman–Crippen MR) is 192 cm³/mol.